The lowest BCUT2D eigenvalue weighted by Gasteiger charge is -2.03. The van der Waals surface area contributed by atoms with Crippen molar-refractivity contribution in [1.29, 1.82) is 0 Å². The highest BCUT2D eigenvalue weighted by Gasteiger charge is 2.13. The van der Waals surface area contributed by atoms with Crippen LogP contribution in [0.25, 0.3) is 22.2 Å². The van der Waals surface area contributed by atoms with Crippen molar-refractivity contribution in [1.82, 2.24) is 19.7 Å². The fourth-order valence-electron chi connectivity index (χ4n) is 3.15. The third-order valence-electron chi connectivity index (χ3n) is 4.88. The van der Waals surface area contributed by atoms with E-state index in [1.54, 1.807) is 12.4 Å². The summed E-state index contributed by atoms with van der Waals surface area (Å²) in [4.78, 5) is 16.6. The molecule has 0 saturated carbocycles. The van der Waals surface area contributed by atoms with Crippen molar-refractivity contribution in [2.45, 2.75) is 13.8 Å². The quantitative estimate of drug-likeness (QED) is 0.592. The first kappa shape index (κ1) is 16.1. The van der Waals surface area contributed by atoms with Crippen LogP contribution in [0.5, 0.6) is 0 Å². The molecule has 0 bridgehead atoms. The number of fused-ring (bicyclic) bond motifs is 1. The Kier molecular flexibility index (Phi) is 3.80. The third kappa shape index (κ3) is 2.65. The molecule has 3 aromatic heterocycles. The van der Waals surface area contributed by atoms with Gasteiger partial charge in [-0.2, -0.15) is 5.10 Å². The molecule has 6 nitrogen and oxygen atoms in total. The van der Waals surface area contributed by atoms with Crippen LogP contribution in [0, 0.1) is 13.8 Å². The van der Waals surface area contributed by atoms with E-state index in [9.17, 15) is 4.79 Å². The fourth-order valence-corrected chi connectivity index (χ4v) is 3.15. The number of anilines is 1. The van der Waals surface area contributed by atoms with Crippen LogP contribution in [0.3, 0.4) is 0 Å². The number of carbonyl (C=O) groups is 1. The molecule has 6 heteroatoms. The summed E-state index contributed by atoms with van der Waals surface area (Å²) in [6, 6.07) is 11.3. The molecule has 0 unspecified atom stereocenters. The number of carbonyl (C=O) groups excluding carboxylic acids is 1. The molecule has 4 aromatic rings. The van der Waals surface area contributed by atoms with Gasteiger partial charge in [-0.15, -0.1) is 0 Å². The average Bonchev–Trinajstić information content (AvgIpc) is 3.22. The largest absolute Gasteiger partial charge is 0.348 e. The van der Waals surface area contributed by atoms with Gasteiger partial charge < -0.3 is 9.88 Å². The molecule has 0 spiro atoms. The van der Waals surface area contributed by atoms with Crippen molar-refractivity contribution in [2.75, 3.05) is 5.32 Å². The Morgan fingerprint density at radius 1 is 1.12 bits per heavy atom. The minimum atomic E-state index is -0.180. The smallest absolute Gasteiger partial charge is 0.256 e. The van der Waals surface area contributed by atoms with E-state index in [1.165, 1.54) is 11.3 Å². The van der Waals surface area contributed by atoms with Gasteiger partial charge in [0.1, 0.15) is 0 Å². The number of aromatic amines is 1. The van der Waals surface area contributed by atoms with Gasteiger partial charge in [0.2, 0.25) is 0 Å². The van der Waals surface area contributed by atoms with Crippen LogP contribution < -0.4 is 5.32 Å². The molecule has 0 aliphatic carbocycles. The van der Waals surface area contributed by atoms with Crippen molar-refractivity contribution in [3.05, 3.63) is 65.6 Å². The summed E-state index contributed by atoms with van der Waals surface area (Å²) in [5.41, 5.74) is 5.91. The van der Waals surface area contributed by atoms with Crippen LogP contribution in [-0.2, 0) is 7.05 Å². The normalized spacial score (nSPS) is 11.0. The second kappa shape index (κ2) is 6.15. The van der Waals surface area contributed by atoms with E-state index in [4.69, 9.17) is 0 Å². The Labute approximate surface area is 150 Å². The Hall–Kier alpha value is -3.41. The Morgan fingerprint density at radius 3 is 2.65 bits per heavy atom. The van der Waals surface area contributed by atoms with E-state index in [1.807, 2.05) is 43.4 Å². The van der Waals surface area contributed by atoms with Gasteiger partial charge in [-0.05, 0) is 49.7 Å². The van der Waals surface area contributed by atoms with Gasteiger partial charge in [0.15, 0.2) is 5.82 Å². The van der Waals surface area contributed by atoms with Crippen LogP contribution in [0.15, 0.2) is 48.8 Å². The highest BCUT2D eigenvalue weighted by molar-refractivity contribution is 6.06. The molecule has 130 valence electrons. The lowest BCUT2D eigenvalue weighted by Crippen LogP contribution is -2.12. The van der Waals surface area contributed by atoms with Crippen LogP contribution in [-0.4, -0.2) is 25.7 Å². The SMILES string of the molecule is Cc1c(C)n(C)c2ccc(C(=O)Nc3cc(-c4ccncc4)[nH]n3)cc12. The van der Waals surface area contributed by atoms with E-state index >= 15 is 0 Å². The lowest BCUT2D eigenvalue weighted by atomic mass is 10.1. The maximum atomic E-state index is 12.6. The first-order chi connectivity index (χ1) is 12.5. The molecule has 3 heterocycles. The molecule has 0 saturated heterocycles. The standard InChI is InChI=1S/C20H19N5O/c1-12-13(2)25(3)18-5-4-15(10-16(12)18)20(26)22-19-11-17(23-24-19)14-6-8-21-9-7-14/h4-11H,1-3H3,(H2,22,23,24,26). The zero-order valence-corrected chi connectivity index (χ0v) is 14.9. The van der Waals surface area contributed by atoms with Crippen molar-refractivity contribution in [2.24, 2.45) is 7.05 Å². The predicted octanol–water partition coefficient (Wildman–Crippen LogP) is 3.83. The van der Waals surface area contributed by atoms with Crippen LogP contribution in [0.1, 0.15) is 21.6 Å². The van der Waals surface area contributed by atoms with Crippen molar-refractivity contribution in [3.63, 3.8) is 0 Å². The number of nitrogens with one attached hydrogen (secondary N) is 2. The van der Waals surface area contributed by atoms with Crippen molar-refractivity contribution < 1.29 is 4.79 Å². The summed E-state index contributed by atoms with van der Waals surface area (Å²) in [6.45, 7) is 4.16. The summed E-state index contributed by atoms with van der Waals surface area (Å²) in [5, 5.41) is 11.1. The van der Waals surface area contributed by atoms with E-state index in [0.29, 0.717) is 11.4 Å². The van der Waals surface area contributed by atoms with Gasteiger partial charge in [-0.1, -0.05) is 0 Å². The monoisotopic (exact) mass is 345 g/mol. The molecule has 0 aliphatic rings. The number of nitrogens with zero attached hydrogens (tertiary/aromatic N) is 3. The van der Waals surface area contributed by atoms with Gasteiger partial charge in [0.25, 0.3) is 5.91 Å². The van der Waals surface area contributed by atoms with Crippen molar-refractivity contribution in [3.8, 4) is 11.3 Å². The van der Waals surface area contributed by atoms with Gasteiger partial charge in [0.05, 0.1) is 5.69 Å². The molecule has 26 heavy (non-hydrogen) atoms. The molecule has 0 aliphatic heterocycles. The number of amides is 1. The van der Waals surface area contributed by atoms with Crippen LogP contribution >= 0.6 is 0 Å². The first-order valence-electron chi connectivity index (χ1n) is 8.37. The third-order valence-corrected chi connectivity index (χ3v) is 4.88. The highest BCUT2D eigenvalue weighted by atomic mass is 16.1. The van der Waals surface area contributed by atoms with E-state index < -0.39 is 0 Å². The summed E-state index contributed by atoms with van der Waals surface area (Å²) in [5.74, 6) is 0.309. The van der Waals surface area contributed by atoms with Gasteiger partial charge >= 0.3 is 0 Å². The Bertz CT molecular complexity index is 1110. The number of aryl methyl sites for hydroxylation is 2. The van der Waals surface area contributed by atoms with E-state index in [2.05, 4.69) is 38.9 Å². The number of aromatic nitrogens is 4. The molecular weight excluding hydrogens is 326 g/mol. The lowest BCUT2D eigenvalue weighted by molar-refractivity contribution is 0.102. The second-order valence-electron chi connectivity index (χ2n) is 6.36. The van der Waals surface area contributed by atoms with Crippen LogP contribution in [0.2, 0.25) is 0 Å². The maximum Gasteiger partial charge on any atom is 0.256 e. The second-order valence-corrected chi connectivity index (χ2v) is 6.36. The summed E-state index contributed by atoms with van der Waals surface area (Å²) >= 11 is 0. The average molecular weight is 345 g/mol. The number of benzene rings is 1. The molecular formula is C20H19N5O. The van der Waals surface area contributed by atoms with Gasteiger partial charge in [-0.25, -0.2) is 0 Å². The topological polar surface area (TPSA) is 75.6 Å². The van der Waals surface area contributed by atoms with E-state index in [-0.39, 0.29) is 5.91 Å². The molecule has 4 rings (SSSR count). The zero-order valence-electron chi connectivity index (χ0n) is 14.9. The summed E-state index contributed by atoms with van der Waals surface area (Å²) in [7, 11) is 2.04. The Morgan fingerprint density at radius 2 is 1.88 bits per heavy atom. The minimum absolute atomic E-state index is 0.180. The van der Waals surface area contributed by atoms with Crippen molar-refractivity contribution >= 4 is 22.6 Å². The van der Waals surface area contributed by atoms with E-state index in [0.717, 1.165) is 22.2 Å². The zero-order chi connectivity index (χ0) is 18.3. The fraction of sp³-hybridized carbons (Fsp3) is 0.150. The molecule has 1 aromatic carbocycles. The minimum Gasteiger partial charge on any atom is -0.348 e. The summed E-state index contributed by atoms with van der Waals surface area (Å²) in [6.07, 6.45) is 3.43. The number of hydrogen-bond acceptors (Lipinski definition) is 3. The predicted molar refractivity (Wildman–Crippen MR) is 102 cm³/mol. The number of pyridine rings is 1. The first-order valence-corrected chi connectivity index (χ1v) is 8.37. The summed E-state index contributed by atoms with van der Waals surface area (Å²) < 4.78 is 2.14. The van der Waals surface area contributed by atoms with Crippen LogP contribution in [0.4, 0.5) is 5.82 Å². The van der Waals surface area contributed by atoms with Gasteiger partial charge in [0, 0.05) is 53.2 Å². The Balaban J connectivity index is 1.60. The number of rotatable bonds is 3. The highest BCUT2D eigenvalue weighted by Crippen LogP contribution is 2.25. The molecule has 1 amide bonds. The number of hydrogen-bond donors (Lipinski definition) is 2. The molecule has 0 radical (unpaired) electrons. The molecule has 0 fully saturated rings. The van der Waals surface area contributed by atoms with Gasteiger partial charge in [-0.3, -0.25) is 14.9 Å². The number of H-pyrrole nitrogens is 1. The molecule has 0 atom stereocenters. The maximum absolute atomic E-state index is 12.6. The molecule has 2 N–H and O–H groups in total.